The molecule has 0 aromatic heterocycles. The molecule has 2 aromatic carbocycles. The Morgan fingerprint density at radius 3 is 2.54 bits per heavy atom. The maximum absolute atomic E-state index is 13.3. The minimum atomic E-state index is -1.25. The second-order valence-electron chi connectivity index (χ2n) is 7.81. The van der Waals surface area contributed by atoms with Crippen molar-refractivity contribution in [1.82, 2.24) is 10.2 Å². The Morgan fingerprint density at radius 1 is 1.26 bits per heavy atom. The van der Waals surface area contributed by atoms with Crippen molar-refractivity contribution in [2.45, 2.75) is 31.2 Å². The maximum Gasteiger partial charge on any atom is 0.325 e. The molecule has 4 amide bonds. The summed E-state index contributed by atoms with van der Waals surface area (Å²) in [5.41, 5.74) is 0.821. The van der Waals surface area contributed by atoms with Crippen molar-refractivity contribution >= 4 is 57.7 Å². The van der Waals surface area contributed by atoms with E-state index in [9.17, 15) is 19.5 Å². The van der Waals surface area contributed by atoms with Crippen molar-refractivity contribution < 1.29 is 34.1 Å². The van der Waals surface area contributed by atoms with Crippen LogP contribution in [0.3, 0.4) is 0 Å². The summed E-state index contributed by atoms with van der Waals surface area (Å²) in [4.78, 5) is 40.2. The van der Waals surface area contributed by atoms with Gasteiger partial charge in [0.15, 0.2) is 0 Å². The second-order valence-corrected chi connectivity index (χ2v) is 9.46. The van der Waals surface area contributed by atoms with Crippen molar-refractivity contribution in [3.8, 4) is 5.75 Å². The van der Waals surface area contributed by atoms with Gasteiger partial charge >= 0.3 is 6.03 Å². The first-order chi connectivity index (χ1) is 16.7. The molecule has 1 fully saturated rings. The van der Waals surface area contributed by atoms with E-state index in [0.717, 1.165) is 8.47 Å². The SMILES string of the molecule is CO[C@H](C)[C@@H](C(=O)Nc1ccc(I)cc1Cl)N1C(=O)N[C@H](c2ccc(OC[C@H](O)CO)cc2)C1=O. The van der Waals surface area contributed by atoms with Crippen LogP contribution in [0.4, 0.5) is 10.5 Å². The number of aliphatic hydroxyl groups excluding tert-OH is 2. The minimum Gasteiger partial charge on any atom is -0.491 e. The van der Waals surface area contributed by atoms with E-state index < -0.39 is 48.7 Å². The van der Waals surface area contributed by atoms with Crippen LogP contribution in [-0.2, 0) is 14.3 Å². The summed E-state index contributed by atoms with van der Waals surface area (Å²) in [5.74, 6) is -0.829. The number of amides is 4. The molecule has 12 heteroatoms. The predicted octanol–water partition coefficient (Wildman–Crippen LogP) is 2.31. The van der Waals surface area contributed by atoms with E-state index in [4.69, 9.17) is 26.2 Å². The number of benzene rings is 2. The minimum absolute atomic E-state index is 0.0982. The van der Waals surface area contributed by atoms with Gasteiger partial charge in [-0.2, -0.15) is 0 Å². The van der Waals surface area contributed by atoms with Gasteiger partial charge in [0.25, 0.3) is 5.91 Å². The Hall–Kier alpha value is -2.45. The number of hydrogen-bond donors (Lipinski definition) is 4. The van der Waals surface area contributed by atoms with Crippen molar-refractivity contribution in [3.05, 3.63) is 56.6 Å². The van der Waals surface area contributed by atoms with E-state index in [1.54, 1.807) is 49.4 Å². The zero-order valence-corrected chi connectivity index (χ0v) is 21.8. The summed E-state index contributed by atoms with van der Waals surface area (Å²) in [6, 6.07) is 8.40. The molecule has 0 unspecified atom stereocenters. The Labute approximate surface area is 220 Å². The molecular weight excluding hydrogens is 593 g/mol. The van der Waals surface area contributed by atoms with Gasteiger partial charge in [0.2, 0.25) is 5.91 Å². The molecule has 0 saturated carbocycles. The van der Waals surface area contributed by atoms with Crippen LogP contribution in [0.25, 0.3) is 0 Å². The molecule has 1 saturated heterocycles. The van der Waals surface area contributed by atoms with E-state index in [2.05, 4.69) is 33.2 Å². The number of urea groups is 1. The molecule has 0 spiro atoms. The van der Waals surface area contributed by atoms with E-state index in [1.165, 1.54) is 7.11 Å². The zero-order chi connectivity index (χ0) is 25.7. The topological polar surface area (TPSA) is 137 Å². The van der Waals surface area contributed by atoms with Gasteiger partial charge in [-0.3, -0.25) is 9.59 Å². The fourth-order valence-corrected chi connectivity index (χ4v) is 4.35. The highest BCUT2D eigenvalue weighted by Crippen LogP contribution is 2.29. The number of ether oxygens (including phenoxy) is 2. The molecule has 0 aliphatic carbocycles. The Bertz CT molecular complexity index is 1090. The zero-order valence-electron chi connectivity index (χ0n) is 18.9. The quantitative estimate of drug-likeness (QED) is 0.237. The van der Waals surface area contributed by atoms with Crippen LogP contribution in [0.5, 0.6) is 5.75 Å². The molecule has 1 aliphatic rings. The van der Waals surface area contributed by atoms with Gasteiger partial charge in [-0.05, 0) is 65.4 Å². The van der Waals surface area contributed by atoms with Gasteiger partial charge in [-0.1, -0.05) is 23.7 Å². The largest absolute Gasteiger partial charge is 0.491 e. The van der Waals surface area contributed by atoms with Gasteiger partial charge < -0.3 is 30.3 Å². The maximum atomic E-state index is 13.3. The lowest BCUT2D eigenvalue weighted by Crippen LogP contribution is -2.53. The van der Waals surface area contributed by atoms with E-state index in [0.29, 0.717) is 22.0 Å². The number of anilines is 1. The number of hydrogen-bond acceptors (Lipinski definition) is 7. The fraction of sp³-hybridized carbons (Fsp3) is 0.348. The molecule has 4 N–H and O–H groups in total. The number of nitrogens with one attached hydrogen (secondary N) is 2. The highest BCUT2D eigenvalue weighted by molar-refractivity contribution is 14.1. The number of imide groups is 1. The normalized spacial score (nSPS) is 18.1. The van der Waals surface area contributed by atoms with Gasteiger partial charge in [0, 0.05) is 10.7 Å². The lowest BCUT2D eigenvalue weighted by molar-refractivity contribution is -0.137. The van der Waals surface area contributed by atoms with Crippen LogP contribution in [0, 0.1) is 3.57 Å². The summed E-state index contributed by atoms with van der Waals surface area (Å²) in [5, 5.41) is 23.9. The monoisotopic (exact) mass is 617 g/mol. The van der Waals surface area contributed by atoms with Gasteiger partial charge in [-0.25, -0.2) is 9.69 Å². The summed E-state index contributed by atoms with van der Waals surface area (Å²) < 4.78 is 11.6. The predicted molar refractivity (Wildman–Crippen MR) is 136 cm³/mol. The molecule has 2 aromatic rings. The molecule has 0 radical (unpaired) electrons. The molecule has 1 heterocycles. The Balaban J connectivity index is 1.79. The van der Waals surface area contributed by atoms with Crippen molar-refractivity contribution in [2.75, 3.05) is 25.6 Å². The molecule has 10 nitrogen and oxygen atoms in total. The number of aliphatic hydroxyl groups is 2. The van der Waals surface area contributed by atoms with Gasteiger partial charge in [0.05, 0.1) is 23.4 Å². The van der Waals surface area contributed by atoms with Crippen molar-refractivity contribution in [3.63, 3.8) is 0 Å². The number of rotatable bonds is 10. The average Bonchev–Trinajstić information content (AvgIpc) is 3.13. The molecular formula is C23H25ClIN3O7. The number of carbonyl (C=O) groups is 3. The van der Waals surface area contributed by atoms with E-state index >= 15 is 0 Å². The summed E-state index contributed by atoms with van der Waals surface area (Å²) >= 11 is 8.31. The van der Waals surface area contributed by atoms with Crippen LogP contribution in [-0.4, -0.2) is 71.5 Å². The third kappa shape index (κ3) is 6.41. The van der Waals surface area contributed by atoms with Crippen molar-refractivity contribution in [1.29, 1.82) is 0 Å². The third-order valence-corrected chi connectivity index (χ3v) is 6.37. The molecule has 35 heavy (non-hydrogen) atoms. The Morgan fingerprint density at radius 2 is 1.94 bits per heavy atom. The van der Waals surface area contributed by atoms with E-state index in [-0.39, 0.29) is 6.61 Å². The smallest absolute Gasteiger partial charge is 0.325 e. The number of nitrogens with zero attached hydrogens (tertiary/aromatic N) is 1. The highest BCUT2D eigenvalue weighted by Gasteiger charge is 2.47. The van der Waals surface area contributed by atoms with Crippen LogP contribution in [0.15, 0.2) is 42.5 Å². The van der Waals surface area contributed by atoms with Crippen LogP contribution >= 0.6 is 34.2 Å². The first kappa shape index (κ1) is 27.1. The van der Waals surface area contributed by atoms with Crippen LogP contribution < -0.4 is 15.4 Å². The summed E-state index contributed by atoms with van der Waals surface area (Å²) in [6.45, 7) is 1.06. The first-order valence-electron chi connectivity index (χ1n) is 10.6. The standard InChI is InChI=1S/C23H25ClIN3O7/c1-12(34-2)20(21(31)26-18-8-5-14(25)9-17(18)24)28-22(32)19(27-23(28)33)13-3-6-16(7-4-13)35-11-15(30)10-29/h3-9,12,15,19-20,29-30H,10-11H2,1-2H3,(H,26,31)(H,27,33)/t12-,15-,19-,20+/m1/s1. The Kier molecular flexibility index (Phi) is 9.30. The van der Waals surface area contributed by atoms with Gasteiger partial charge in [-0.15, -0.1) is 0 Å². The van der Waals surface area contributed by atoms with Crippen molar-refractivity contribution in [2.24, 2.45) is 0 Å². The molecule has 1 aliphatic heterocycles. The van der Waals surface area contributed by atoms with Gasteiger partial charge in [0.1, 0.15) is 30.5 Å². The lowest BCUT2D eigenvalue weighted by atomic mass is 10.0. The lowest BCUT2D eigenvalue weighted by Gasteiger charge is -2.28. The van der Waals surface area contributed by atoms with E-state index in [1.807, 2.05) is 0 Å². The molecule has 3 rings (SSSR count). The highest BCUT2D eigenvalue weighted by atomic mass is 127. The number of halogens is 2. The van der Waals surface area contributed by atoms with Crippen LogP contribution in [0.2, 0.25) is 5.02 Å². The third-order valence-electron chi connectivity index (χ3n) is 5.39. The molecule has 0 bridgehead atoms. The molecule has 4 atom stereocenters. The number of methoxy groups -OCH3 is 1. The van der Waals surface area contributed by atoms with Crippen LogP contribution in [0.1, 0.15) is 18.5 Å². The summed E-state index contributed by atoms with van der Waals surface area (Å²) in [7, 11) is 1.38. The number of carbonyl (C=O) groups excluding carboxylic acids is 3. The second kappa shape index (κ2) is 12.0. The summed E-state index contributed by atoms with van der Waals surface area (Å²) in [6.07, 6.45) is -1.82. The first-order valence-corrected chi connectivity index (χ1v) is 12.1. The average molecular weight is 618 g/mol. The fourth-order valence-electron chi connectivity index (χ4n) is 3.45. The molecule has 188 valence electrons.